The molecule has 0 saturated carbocycles. The van der Waals surface area contributed by atoms with E-state index < -0.39 is 0 Å². The minimum Gasteiger partial charge on any atom is -0.374 e. The van der Waals surface area contributed by atoms with Gasteiger partial charge < -0.3 is 20.4 Å². The van der Waals surface area contributed by atoms with E-state index in [1.165, 1.54) is 23.2 Å². The smallest absolute Gasteiger partial charge is 0.191 e. The van der Waals surface area contributed by atoms with Gasteiger partial charge in [0.05, 0.1) is 5.02 Å². The van der Waals surface area contributed by atoms with Crippen molar-refractivity contribution >= 4 is 29.1 Å². The maximum Gasteiger partial charge on any atom is 0.191 e. The number of pyridine rings is 1. The Balaban J connectivity index is 1.32. The van der Waals surface area contributed by atoms with Gasteiger partial charge in [0, 0.05) is 58.2 Å². The molecule has 2 aliphatic heterocycles. The molecule has 1 unspecified atom stereocenters. The van der Waals surface area contributed by atoms with Crippen molar-refractivity contribution < 1.29 is 0 Å². The first-order valence-electron chi connectivity index (χ1n) is 10.3. The lowest BCUT2D eigenvalue weighted by molar-refractivity contribution is 0.648. The van der Waals surface area contributed by atoms with E-state index in [1.54, 1.807) is 6.20 Å². The Kier molecular flexibility index (Phi) is 6.09. The number of aryl methyl sites for hydroxylation is 1. The highest BCUT2D eigenvalue weighted by atomic mass is 35.5. The summed E-state index contributed by atoms with van der Waals surface area (Å²) in [5.74, 6) is 1.69. The monoisotopic (exact) mass is 412 g/mol. The minimum atomic E-state index is 0.316. The molecule has 6 nitrogen and oxygen atoms in total. The number of nitrogens with one attached hydrogen (secondary N) is 2. The average molecular weight is 413 g/mol. The van der Waals surface area contributed by atoms with Crippen LogP contribution in [0.25, 0.3) is 0 Å². The number of aliphatic imine (C=N–C) groups is 1. The molecule has 29 heavy (non-hydrogen) atoms. The van der Waals surface area contributed by atoms with Gasteiger partial charge in [0.1, 0.15) is 5.82 Å². The molecular weight excluding hydrogens is 384 g/mol. The molecule has 1 aromatic carbocycles. The molecule has 7 heteroatoms. The third-order valence-corrected chi connectivity index (χ3v) is 6.04. The molecule has 4 rings (SSSR count). The zero-order valence-electron chi connectivity index (χ0n) is 17.2. The lowest BCUT2D eigenvalue weighted by Crippen LogP contribution is -2.44. The quantitative estimate of drug-likeness (QED) is 0.597. The number of aromatic nitrogens is 1. The van der Waals surface area contributed by atoms with Crippen molar-refractivity contribution in [1.82, 2.24) is 15.6 Å². The van der Waals surface area contributed by atoms with Crippen molar-refractivity contribution in [2.75, 3.05) is 43.5 Å². The number of fused-ring (bicyclic) bond motifs is 1. The van der Waals surface area contributed by atoms with Crippen molar-refractivity contribution in [1.29, 1.82) is 0 Å². The van der Waals surface area contributed by atoms with Gasteiger partial charge in [0.2, 0.25) is 0 Å². The molecule has 0 bridgehead atoms. The standard InChI is InChI=1S/C22H29ClN6/c1-24-22(26-14-16-7-8-20-17(13-16)5-4-11-28(20)2)27-18-9-12-29(15-18)21-19(23)6-3-10-25-21/h3,6-8,10,13,18H,4-5,9,11-12,14-15H2,1-2H3,(H2,24,26,27). The van der Waals surface area contributed by atoms with Crippen LogP contribution in [-0.4, -0.2) is 50.7 Å². The van der Waals surface area contributed by atoms with Crippen molar-refractivity contribution in [3.63, 3.8) is 0 Å². The largest absolute Gasteiger partial charge is 0.374 e. The Morgan fingerprint density at radius 3 is 3.03 bits per heavy atom. The molecule has 1 aromatic heterocycles. The van der Waals surface area contributed by atoms with Crippen LogP contribution in [0.1, 0.15) is 24.0 Å². The normalized spacial score (nSPS) is 19.3. The number of guanidine groups is 1. The second-order valence-electron chi connectivity index (χ2n) is 7.80. The molecule has 1 fully saturated rings. The van der Waals surface area contributed by atoms with Crippen LogP contribution in [-0.2, 0) is 13.0 Å². The topological polar surface area (TPSA) is 55.8 Å². The summed E-state index contributed by atoms with van der Waals surface area (Å²) in [6.07, 6.45) is 5.20. The van der Waals surface area contributed by atoms with Crippen LogP contribution < -0.4 is 20.4 Å². The van der Waals surface area contributed by atoms with Crippen molar-refractivity contribution in [3.8, 4) is 0 Å². The van der Waals surface area contributed by atoms with Gasteiger partial charge in [-0.25, -0.2) is 4.98 Å². The number of hydrogen-bond donors (Lipinski definition) is 2. The highest BCUT2D eigenvalue weighted by molar-refractivity contribution is 6.32. The van der Waals surface area contributed by atoms with Crippen LogP contribution >= 0.6 is 11.6 Å². The molecule has 3 heterocycles. The highest BCUT2D eigenvalue weighted by Gasteiger charge is 2.25. The van der Waals surface area contributed by atoms with Gasteiger partial charge in [-0.05, 0) is 48.6 Å². The predicted octanol–water partition coefficient (Wildman–Crippen LogP) is 3.06. The molecule has 2 aliphatic rings. The zero-order chi connectivity index (χ0) is 20.2. The van der Waals surface area contributed by atoms with E-state index in [4.69, 9.17) is 11.6 Å². The van der Waals surface area contributed by atoms with Gasteiger partial charge in [-0.2, -0.15) is 0 Å². The van der Waals surface area contributed by atoms with Gasteiger partial charge in [-0.1, -0.05) is 23.7 Å². The lowest BCUT2D eigenvalue weighted by Gasteiger charge is -2.28. The van der Waals surface area contributed by atoms with Crippen molar-refractivity contribution in [2.24, 2.45) is 4.99 Å². The summed E-state index contributed by atoms with van der Waals surface area (Å²) in [4.78, 5) is 13.4. The summed E-state index contributed by atoms with van der Waals surface area (Å²) in [5, 5.41) is 7.71. The van der Waals surface area contributed by atoms with Gasteiger partial charge in [-0.15, -0.1) is 0 Å². The molecule has 2 N–H and O–H groups in total. The van der Waals surface area contributed by atoms with E-state index in [1.807, 2.05) is 19.2 Å². The van der Waals surface area contributed by atoms with E-state index in [9.17, 15) is 0 Å². The number of benzene rings is 1. The first-order chi connectivity index (χ1) is 14.1. The lowest BCUT2D eigenvalue weighted by atomic mass is 9.99. The number of rotatable bonds is 4. The molecule has 154 valence electrons. The number of halogens is 1. The summed E-state index contributed by atoms with van der Waals surface area (Å²) in [6, 6.07) is 10.8. The van der Waals surface area contributed by atoms with Crippen molar-refractivity contribution in [2.45, 2.75) is 31.8 Å². The number of hydrogen-bond acceptors (Lipinski definition) is 4. The second kappa shape index (κ2) is 8.91. The fourth-order valence-corrected chi connectivity index (χ4v) is 4.44. The van der Waals surface area contributed by atoms with Crippen LogP contribution in [0.15, 0.2) is 41.5 Å². The van der Waals surface area contributed by atoms with E-state index in [0.29, 0.717) is 11.1 Å². The van der Waals surface area contributed by atoms with Gasteiger partial charge >= 0.3 is 0 Å². The van der Waals surface area contributed by atoms with Crippen LogP contribution in [0, 0.1) is 0 Å². The Bertz CT molecular complexity index is 883. The van der Waals surface area contributed by atoms with E-state index in [0.717, 1.165) is 50.8 Å². The van der Waals surface area contributed by atoms with Gasteiger partial charge in [0.15, 0.2) is 5.96 Å². The summed E-state index contributed by atoms with van der Waals surface area (Å²) >= 11 is 6.30. The Labute approximate surface area is 178 Å². The second-order valence-corrected chi connectivity index (χ2v) is 8.21. The third-order valence-electron chi connectivity index (χ3n) is 5.75. The molecule has 1 atom stereocenters. The highest BCUT2D eigenvalue weighted by Crippen LogP contribution is 2.27. The van der Waals surface area contributed by atoms with Crippen LogP contribution in [0.2, 0.25) is 5.02 Å². The van der Waals surface area contributed by atoms with Crippen molar-refractivity contribution in [3.05, 3.63) is 52.7 Å². The summed E-state index contributed by atoms with van der Waals surface area (Å²) in [6.45, 7) is 3.70. The predicted molar refractivity (Wildman–Crippen MR) is 121 cm³/mol. The minimum absolute atomic E-state index is 0.316. The van der Waals surface area contributed by atoms with E-state index >= 15 is 0 Å². The molecule has 0 amide bonds. The van der Waals surface area contributed by atoms with Gasteiger partial charge in [-0.3, -0.25) is 4.99 Å². The van der Waals surface area contributed by atoms with E-state index in [2.05, 4.69) is 55.7 Å². The average Bonchev–Trinajstić information content (AvgIpc) is 3.20. The van der Waals surface area contributed by atoms with Crippen LogP contribution in [0.4, 0.5) is 11.5 Å². The Hall–Kier alpha value is -2.47. The number of anilines is 2. The first kappa shape index (κ1) is 19.8. The van der Waals surface area contributed by atoms with Crippen LogP contribution in [0.3, 0.4) is 0 Å². The van der Waals surface area contributed by atoms with Crippen LogP contribution in [0.5, 0.6) is 0 Å². The number of nitrogens with zero attached hydrogens (tertiary/aromatic N) is 4. The fraction of sp³-hybridized carbons (Fsp3) is 0.455. The zero-order valence-corrected chi connectivity index (χ0v) is 17.9. The molecular formula is C22H29ClN6. The fourth-order valence-electron chi connectivity index (χ4n) is 4.20. The maximum absolute atomic E-state index is 6.30. The molecule has 0 radical (unpaired) electrons. The maximum atomic E-state index is 6.30. The summed E-state index contributed by atoms with van der Waals surface area (Å²) in [7, 11) is 3.99. The Morgan fingerprint density at radius 2 is 2.21 bits per heavy atom. The summed E-state index contributed by atoms with van der Waals surface area (Å²) in [5.41, 5.74) is 4.09. The SMILES string of the molecule is CN=C(NCc1ccc2c(c1)CCCN2C)NC1CCN(c2ncccc2Cl)C1. The first-order valence-corrected chi connectivity index (χ1v) is 10.7. The molecule has 0 spiro atoms. The molecule has 1 saturated heterocycles. The Morgan fingerprint density at radius 1 is 1.31 bits per heavy atom. The van der Waals surface area contributed by atoms with Gasteiger partial charge in [0.25, 0.3) is 0 Å². The summed E-state index contributed by atoms with van der Waals surface area (Å²) < 4.78 is 0. The molecule has 0 aliphatic carbocycles. The van der Waals surface area contributed by atoms with E-state index in [-0.39, 0.29) is 0 Å². The third kappa shape index (κ3) is 4.58. The molecule has 2 aromatic rings.